The van der Waals surface area contributed by atoms with Crippen molar-refractivity contribution in [1.82, 2.24) is 10.6 Å². The van der Waals surface area contributed by atoms with E-state index in [1.807, 2.05) is 0 Å². The number of amides is 2. The van der Waals surface area contributed by atoms with Crippen LogP contribution in [0, 0.1) is 0 Å². The van der Waals surface area contributed by atoms with Crippen LogP contribution in [0.2, 0.25) is 0 Å². The summed E-state index contributed by atoms with van der Waals surface area (Å²) < 4.78 is 63.8. The average molecular weight is 1060 g/mol. The molecule has 0 aromatic rings. The molecular weight excluding hydrogens is 988 g/mol. The van der Waals surface area contributed by atoms with Gasteiger partial charge in [-0.2, -0.15) is 0 Å². The summed E-state index contributed by atoms with van der Waals surface area (Å²) >= 11 is 0. The maximum Gasteiger partial charge on any atom is 0.217 e. The van der Waals surface area contributed by atoms with E-state index in [1.165, 1.54) is 6.92 Å². The lowest BCUT2D eigenvalue weighted by Gasteiger charge is -2.51. The van der Waals surface area contributed by atoms with E-state index in [4.69, 9.17) is 52.1 Å². The number of hydrogen-bond donors (Lipinski definition) is 19. The fourth-order valence-electron chi connectivity index (χ4n) is 9.24. The van der Waals surface area contributed by atoms with Gasteiger partial charge in [0.25, 0.3) is 0 Å². The van der Waals surface area contributed by atoms with Crippen LogP contribution >= 0.6 is 0 Å². The molecule has 72 heavy (non-hydrogen) atoms. The largest absolute Gasteiger partial charge is 0.394 e. The Morgan fingerprint density at radius 1 is 0.361 bits per heavy atom. The number of ether oxygens (including phenoxy) is 11. The molecule has 0 aliphatic carbocycles. The third kappa shape index (κ3) is 12.5. The van der Waals surface area contributed by atoms with Gasteiger partial charge in [-0.1, -0.05) is 0 Å². The van der Waals surface area contributed by atoms with E-state index >= 15 is 0 Å². The summed E-state index contributed by atoms with van der Waals surface area (Å²) in [5, 5.41) is 187. The zero-order valence-electron chi connectivity index (χ0n) is 38.8. The van der Waals surface area contributed by atoms with Crippen molar-refractivity contribution in [2.45, 2.75) is 205 Å². The van der Waals surface area contributed by atoms with Crippen LogP contribution < -0.4 is 10.6 Å². The van der Waals surface area contributed by atoms with E-state index < -0.39 is 229 Å². The molecule has 0 bridgehead atoms. The minimum absolute atomic E-state index is 0.784. The summed E-state index contributed by atoms with van der Waals surface area (Å²) in [6.07, 6.45) is -52.8. The van der Waals surface area contributed by atoms with Crippen molar-refractivity contribution in [3.8, 4) is 0 Å². The van der Waals surface area contributed by atoms with Crippen LogP contribution in [0.1, 0.15) is 20.8 Å². The molecule has 0 radical (unpaired) electrons. The van der Waals surface area contributed by atoms with Gasteiger partial charge in [-0.05, 0) is 6.92 Å². The number of hydrogen-bond acceptors (Lipinski definition) is 30. The van der Waals surface area contributed by atoms with Gasteiger partial charge in [0.15, 0.2) is 37.7 Å². The van der Waals surface area contributed by atoms with Gasteiger partial charge in [0.2, 0.25) is 11.8 Å². The van der Waals surface area contributed by atoms with E-state index in [-0.39, 0.29) is 0 Å². The van der Waals surface area contributed by atoms with Crippen molar-refractivity contribution < 1.29 is 149 Å². The molecule has 0 aromatic heterocycles. The van der Waals surface area contributed by atoms with Gasteiger partial charge in [-0.25, -0.2) is 0 Å². The number of nitrogens with one attached hydrogen (secondary N) is 2. The molecule has 6 heterocycles. The first-order chi connectivity index (χ1) is 34.0. The molecule has 0 aromatic carbocycles. The van der Waals surface area contributed by atoms with Gasteiger partial charge in [0.1, 0.15) is 140 Å². The van der Waals surface area contributed by atoms with E-state index in [1.54, 1.807) is 0 Å². The smallest absolute Gasteiger partial charge is 0.217 e. The lowest BCUT2D eigenvalue weighted by atomic mass is 9.93. The summed E-state index contributed by atoms with van der Waals surface area (Å²) in [6.45, 7) is -1.61. The SMILES string of the molecule is CC(=O)N[C@H]1[C@H](O[C@H]2[C@@H](O)[C@@H](CO)O[C@@H](O[C@H]3[C@H](O)[C@@H](O)C(O)O[C@@H]3CO)[C@@H]2O)O[C@H](CO)[C@@H](O[C@@H]2O[C@H](CO)[C@H](O)[C@H](O[C@H]3O[C@H](CO)[C@H](O)[C@H](O)[C@H]3NC(C)=O)[C@H]2O[C@@H]2O[C@@H](C)[C@@H](O)[C@@H](O)[C@@H]2O)[C@@H]1O. The zero-order chi connectivity index (χ0) is 53.2. The molecule has 0 saturated carbocycles. The molecular formula is C40H68N2O30. The van der Waals surface area contributed by atoms with E-state index in [0.717, 1.165) is 13.8 Å². The van der Waals surface area contributed by atoms with Gasteiger partial charge in [0.05, 0.1) is 39.1 Å². The molecule has 418 valence electrons. The fourth-order valence-corrected chi connectivity index (χ4v) is 9.24. The number of aliphatic hydroxyl groups is 17. The molecule has 2 amide bonds. The summed E-state index contributed by atoms with van der Waals surface area (Å²) in [4.78, 5) is 25.0. The van der Waals surface area contributed by atoms with E-state index in [2.05, 4.69) is 10.6 Å². The van der Waals surface area contributed by atoms with Gasteiger partial charge < -0.3 is 150 Å². The Balaban J connectivity index is 1.32. The second-order valence-electron chi connectivity index (χ2n) is 18.2. The maximum atomic E-state index is 12.7. The number of carbonyl (C=O) groups is 2. The van der Waals surface area contributed by atoms with E-state index in [0.29, 0.717) is 0 Å². The number of aliphatic hydroxyl groups excluding tert-OH is 17. The maximum absolute atomic E-state index is 12.7. The van der Waals surface area contributed by atoms with Gasteiger partial charge in [0, 0.05) is 13.8 Å². The predicted octanol–water partition coefficient (Wildman–Crippen LogP) is -12.8. The molecule has 6 saturated heterocycles. The molecule has 0 spiro atoms. The summed E-state index contributed by atoms with van der Waals surface area (Å²) in [6, 6.07) is -3.49. The first-order valence-electron chi connectivity index (χ1n) is 23.0. The van der Waals surface area contributed by atoms with Gasteiger partial charge in [-0.15, -0.1) is 0 Å². The quantitative estimate of drug-likeness (QED) is 0.0643. The van der Waals surface area contributed by atoms with Crippen LogP contribution in [0.4, 0.5) is 0 Å². The van der Waals surface area contributed by atoms with Gasteiger partial charge in [-0.3, -0.25) is 9.59 Å². The fraction of sp³-hybridized carbons (Fsp3) is 0.950. The highest BCUT2D eigenvalue weighted by Crippen LogP contribution is 2.38. The Morgan fingerprint density at radius 3 is 1.32 bits per heavy atom. The normalized spacial score (nSPS) is 50.3. The Labute approximate surface area is 408 Å². The van der Waals surface area contributed by atoms with E-state index in [9.17, 15) is 96.4 Å². The van der Waals surface area contributed by atoms with Crippen molar-refractivity contribution in [3.05, 3.63) is 0 Å². The molecule has 32 heteroatoms. The lowest BCUT2D eigenvalue weighted by molar-refractivity contribution is -0.402. The standard InChI is InChI=1S/C40H68N2O30/c1-9-19(50)25(56)28(59)38(62-9)72-34-33(71-36-17(41-10(2)48)23(54)20(51)12(4-43)64-36)22(53)14(6-45)66-40(34)69-30-16(8-47)67-37(18(24(30)55)42-11(3)49)70-32-21(52)13(5-44)65-39(29(32)60)68-31-15(7-46)63-35(61)27(58)26(31)57/h9,12-40,43-47,50-61H,4-8H2,1-3H3,(H,41,48)(H,42,49)/t9-,12+,13+,14+,15+,16+,17+,18+,19+,20-,21-,22-,23+,24+,25+,26+,27+,28-,29+,30+,31+,32-,33-,34+,35?,36+,37-,38-,39-,40-/m0/s1. The first-order valence-corrected chi connectivity index (χ1v) is 23.0. The number of rotatable bonds is 17. The highest BCUT2D eigenvalue weighted by Gasteiger charge is 2.59. The second-order valence-corrected chi connectivity index (χ2v) is 18.2. The van der Waals surface area contributed by atoms with Crippen molar-refractivity contribution >= 4 is 11.8 Å². The lowest BCUT2D eigenvalue weighted by Crippen LogP contribution is -2.71. The van der Waals surface area contributed by atoms with Gasteiger partial charge >= 0.3 is 0 Å². The molecule has 6 aliphatic heterocycles. The molecule has 19 N–H and O–H groups in total. The second kappa shape index (κ2) is 25.3. The molecule has 6 fully saturated rings. The molecule has 32 nitrogen and oxygen atoms in total. The predicted molar refractivity (Wildman–Crippen MR) is 221 cm³/mol. The average Bonchev–Trinajstić information content (AvgIpc) is 3.34. The van der Waals surface area contributed by atoms with Crippen LogP contribution in [0.5, 0.6) is 0 Å². The highest BCUT2D eigenvalue weighted by molar-refractivity contribution is 5.73. The summed E-state index contributed by atoms with van der Waals surface area (Å²) in [5.74, 6) is -1.66. The molecule has 1 unspecified atom stereocenters. The van der Waals surface area contributed by atoms with Crippen LogP contribution in [0.3, 0.4) is 0 Å². The Morgan fingerprint density at radius 2 is 0.764 bits per heavy atom. The summed E-state index contributed by atoms with van der Waals surface area (Å²) in [5.41, 5.74) is 0. The van der Waals surface area contributed by atoms with Crippen molar-refractivity contribution in [1.29, 1.82) is 0 Å². The van der Waals surface area contributed by atoms with Crippen LogP contribution in [0.15, 0.2) is 0 Å². The summed E-state index contributed by atoms with van der Waals surface area (Å²) in [7, 11) is 0. The highest BCUT2D eigenvalue weighted by atomic mass is 16.8. The first kappa shape index (κ1) is 59.1. The minimum atomic E-state index is -2.15. The zero-order valence-corrected chi connectivity index (χ0v) is 38.8. The molecule has 6 rings (SSSR count). The molecule has 6 aliphatic rings. The van der Waals surface area contributed by atoms with Crippen molar-refractivity contribution in [3.63, 3.8) is 0 Å². The minimum Gasteiger partial charge on any atom is -0.394 e. The van der Waals surface area contributed by atoms with Crippen LogP contribution in [-0.2, 0) is 61.7 Å². The van der Waals surface area contributed by atoms with Crippen LogP contribution in [0.25, 0.3) is 0 Å². The van der Waals surface area contributed by atoms with Crippen molar-refractivity contribution in [2.75, 3.05) is 33.0 Å². The number of carbonyl (C=O) groups excluding carboxylic acids is 2. The third-order valence-electron chi connectivity index (χ3n) is 13.2. The monoisotopic (exact) mass is 1060 g/mol. The molecule has 30 atom stereocenters. The van der Waals surface area contributed by atoms with Crippen molar-refractivity contribution in [2.24, 2.45) is 0 Å². The Kier molecular flexibility index (Phi) is 20.8. The Bertz CT molecular complexity index is 1730. The third-order valence-corrected chi connectivity index (χ3v) is 13.2. The topological polar surface area (TPSA) is 504 Å². The van der Waals surface area contributed by atoms with Crippen LogP contribution in [-0.4, -0.2) is 316 Å². The Hall–Kier alpha value is -2.18.